The number of benzene rings is 2. The summed E-state index contributed by atoms with van der Waals surface area (Å²) < 4.78 is 21.9. The molecule has 0 N–H and O–H groups in total. The molecule has 6 nitrogen and oxygen atoms in total. The molecule has 0 fully saturated rings. The van der Waals surface area contributed by atoms with Crippen molar-refractivity contribution in [1.82, 2.24) is 14.0 Å². The molecule has 0 spiro atoms. The highest BCUT2D eigenvalue weighted by molar-refractivity contribution is 5.96. The molecule has 4 aromatic rings. The summed E-state index contributed by atoms with van der Waals surface area (Å²) in [6.07, 6.45) is 2.66. The fraction of sp³-hybridized carbons (Fsp3) is 0.200. The van der Waals surface area contributed by atoms with Gasteiger partial charge in [0.2, 0.25) is 5.91 Å². The number of amides is 1. The van der Waals surface area contributed by atoms with Gasteiger partial charge in [0.15, 0.2) is 0 Å². The molecule has 1 amide bonds. The van der Waals surface area contributed by atoms with Gasteiger partial charge in [0.05, 0.1) is 18.1 Å². The largest absolute Gasteiger partial charge is 0.464 e. The van der Waals surface area contributed by atoms with E-state index in [0.717, 1.165) is 28.7 Å². The van der Waals surface area contributed by atoms with Gasteiger partial charge in [0.25, 0.3) is 0 Å². The summed E-state index contributed by atoms with van der Waals surface area (Å²) in [5.74, 6) is -0.890. The molecular formula is C25H22FN3O3. The van der Waals surface area contributed by atoms with Crippen LogP contribution < -0.4 is 0 Å². The van der Waals surface area contributed by atoms with E-state index in [-0.39, 0.29) is 18.3 Å². The first-order chi connectivity index (χ1) is 15.5. The zero-order chi connectivity index (χ0) is 22.2. The SMILES string of the molecule is COC(=O)c1cc2c(ccn2-c2ccc(F)cc2)n1CC(=O)N1CCc2ccccc2C1. The number of fused-ring (bicyclic) bond motifs is 2. The van der Waals surface area contributed by atoms with Crippen LogP contribution in [0.2, 0.25) is 0 Å². The van der Waals surface area contributed by atoms with Crippen LogP contribution >= 0.6 is 0 Å². The van der Waals surface area contributed by atoms with Gasteiger partial charge in [0, 0.05) is 25.0 Å². The highest BCUT2D eigenvalue weighted by Crippen LogP contribution is 2.26. The van der Waals surface area contributed by atoms with Crippen molar-refractivity contribution < 1.29 is 18.7 Å². The first kappa shape index (κ1) is 20.1. The number of hydrogen-bond acceptors (Lipinski definition) is 3. The summed E-state index contributed by atoms with van der Waals surface area (Å²) in [7, 11) is 1.32. The Morgan fingerprint density at radius 1 is 1.00 bits per heavy atom. The highest BCUT2D eigenvalue weighted by Gasteiger charge is 2.25. The van der Waals surface area contributed by atoms with Crippen molar-refractivity contribution in [3.8, 4) is 5.69 Å². The molecule has 0 radical (unpaired) electrons. The lowest BCUT2D eigenvalue weighted by Crippen LogP contribution is -2.38. The van der Waals surface area contributed by atoms with E-state index >= 15 is 0 Å². The molecule has 0 saturated carbocycles. The number of methoxy groups -OCH3 is 1. The zero-order valence-corrected chi connectivity index (χ0v) is 17.6. The molecule has 7 heteroatoms. The van der Waals surface area contributed by atoms with E-state index in [2.05, 4.69) is 6.07 Å². The smallest absolute Gasteiger partial charge is 0.354 e. The van der Waals surface area contributed by atoms with Gasteiger partial charge in [-0.05, 0) is 53.9 Å². The summed E-state index contributed by atoms with van der Waals surface area (Å²) in [4.78, 5) is 27.5. The quantitative estimate of drug-likeness (QED) is 0.460. The van der Waals surface area contributed by atoms with Gasteiger partial charge in [-0.3, -0.25) is 4.79 Å². The number of carbonyl (C=O) groups excluding carboxylic acids is 2. The minimum atomic E-state index is -0.511. The third-order valence-corrected chi connectivity index (χ3v) is 6.03. The Kier molecular flexibility index (Phi) is 5.01. The summed E-state index contributed by atoms with van der Waals surface area (Å²) >= 11 is 0. The van der Waals surface area contributed by atoms with E-state index in [1.54, 1.807) is 22.8 Å². The predicted octanol–water partition coefficient (Wildman–Crippen LogP) is 3.94. The van der Waals surface area contributed by atoms with Crippen molar-refractivity contribution in [1.29, 1.82) is 0 Å². The molecule has 0 bridgehead atoms. The fourth-order valence-corrected chi connectivity index (χ4v) is 4.36. The minimum absolute atomic E-state index is 0.0313. The fourth-order valence-electron chi connectivity index (χ4n) is 4.36. The monoisotopic (exact) mass is 431 g/mol. The van der Waals surface area contributed by atoms with Gasteiger partial charge in [-0.2, -0.15) is 0 Å². The van der Waals surface area contributed by atoms with E-state index in [9.17, 15) is 14.0 Å². The van der Waals surface area contributed by atoms with E-state index in [1.165, 1.54) is 24.8 Å². The first-order valence-electron chi connectivity index (χ1n) is 10.4. The molecule has 0 aliphatic carbocycles. The molecule has 1 aliphatic heterocycles. The van der Waals surface area contributed by atoms with Crippen LogP contribution in [0, 0.1) is 5.82 Å². The van der Waals surface area contributed by atoms with Crippen LogP contribution in [0.5, 0.6) is 0 Å². The maximum Gasteiger partial charge on any atom is 0.354 e. The third-order valence-electron chi connectivity index (χ3n) is 6.03. The van der Waals surface area contributed by atoms with Gasteiger partial charge in [-0.1, -0.05) is 24.3 Å². The predicted molar refractivity (Wildman–Crippen MR) is 118 cm³/mol. The van der Waals surface area contributed by atoms with Crippen LogP contribution in [0.3, 0.4) is 0 Å². The standard InChI is InChI=1S/C25H22FN3O3/c1-32-25(31)23-14-22-21(11-13-28(22)20-8-6-19(26)7-9-20)29(23)16-24(30)27-12-10-17-4-2-3-5-18(17)15-27/h2-9,11,13-14H,10,12,15-16H2,1H3. The highest BCUT2D eigenvalue weighted by atomic mass is 19.1. The van der Waals surface area contributed by atoms with Crippen molar-refractivity contribution in [3.05, 3.63) is 89.5 Å². The maximum atomic E-state index is 13.4. The number of rotatable bonds is 4. The second kappa shape index (κ2) is 8.00. The molecule has 32 heavy (non-hydrogen) atoms. The van der Waals surface area contributed by atoms with Crippen LogP contribution in [0.1, 0.15) is 21.6 Å². The van der Waals surface area contributed by atoms with Gasteiger partial charge in [-0.25, -0.2) is 9.18 Å². The Labute approximate surface area is 184 Å². The van der Waals surface area contributed by atoms with Crippen LogP contribution in [-0.4, -0.2) is 39.6 Å². The van der Waals surface area contributed by atoms with Crippen LogP contribution in [0.25, 0.3) is 16.7 Å². The Bertz CT molecular complexity index is 1320. The summed E-state index contributed by atoms with van der Waals surface area (Å²) in [6.45, 7) is 1.23. The third kappa shape index (κ3) is 3.45. The normalized spacial score (nSPS) is 13.2. The van der Waals surface area contributed by atoms with Crippen LogP contribution in [0.4, 0.5) is 4.39 Å². The summed E-state index contributed by atoms with van der Waals surface area (Å²) in [6, 6.07) is 17.8. The molecule has 5 rings (SSSR count). The molecule has 162 valence electrons. The van der Waals surface area contributed by atoms with Gasteiger partial charge < -0.3 is 18.8 Å². The summed E-state index contributed by atoms with van der Waals surface area (Å²) in [5.41, 5.74) is 4.97. The van der Waals surface area contributed by atoms with E-state index in [4.69, 9.17) is 4.74 Å². The Morgan fingerprint density at radius 2 is 1.75 bits per heavy atom. The lowest BCUT2D eigenvalue weighted by atomic mass is 10.00. The summed E-state index contributed by atoms with van der Waals surface area (Å²) in [5, 5.41) is 0. The van der Waals surface area contributed by atoms with Gasteiger partial charge in [0.1, 0.15) is 18.1 Å². The lowest BCUT2D eigenvalue weighted by Gasteiger charge is -2.29. The lowest BCUT2D eigenvalue weighted by molar-refractivity contribution is -0.132. The average Bonchev–Trinajstić information content (AvgIpc) is 3.39. The number of nitrogens with zero attached hydrogens (tertiary/aromatic N) is 3. The number of carbonyl (C=O) groups is 2. The zero-order valence-electron chi connectivity index (χ0n) is 17.6. The van der Waals surface area contributed by atoms with E-state index in [0.29, 0.717) is 18.8 Å². The van der Waals surface area contributed by atoms with Crippen molar-refractivity contribution in [3.63, 3.8) is 0 Å². The Balaban J connectivity index is 1.49. The molecule has 0 unspecified atom stereocenters. The Morgan fingerprint density at radius 3 is 2.50 bits per heavy atom. The molecule has 3 heterocycles. The average molecular weight is 431 g/mol. The Hall–Kier alpha value is -3.87. The first-order valence-corrected chi connectivity index (χ1v) is 10.4. The number of ether oxygens (including phenoxy) is 1. The van der Waals surface area contributed by atoms with Crippen molar-refractivity contribution in [2.75, 3.05) is 13.7 Å². The number of hydrogen-bond donors (Lipinski definition) is 0. The second-order valence-corrected chi connectivity index (χ2v) is 7.87. The van der Waals surface area contributed by atoms with Crippen molar-refractivity contribution in [2.45, 2.75) is 19.5 Å². The van der Waals surface area contributed by atoms with Crippen molar-refractivity contribution in [2.24, 2.45) is 0 Å². The van der Waals surface area contributed by atoms with E-state index in [1.807, 2.05) is 39.9 Å². The maximum absolute atomic E-state index is 13.4. The van der Waals surface area contributed by atoms with Crippen molar-refractivity contribution >= 4 is 22.9 Å². The van der Waals surface area contributed by atoms with E-state index < -0.39 is 5.97 Å². The molecule has 1 aliphatic rings. The number of halogens is 1. The molecule has 0 atom stereocenters. The second-order valence-electron chi connectivity index (χ2n) is 7.87. The van der Waals surface area contributed by atoms with Crippen LogP contribution in [0.15, 0.2) is 66.9 Å². The molecule has 2 aromatic carbocycles. The van der Waals surface area contributed by atoms with Gasteiger partial charge >= 0.3 is 5.97 Å². The van der Waals surface area contributed by atoms with Crippen LogP contribution in [-0.2, 0) is 29.0 Å². The molecular weight excluding hydrogens is 409 g/mol. The molecule has 2 aromatic heterocycles. The van der Waals surface area contributed by atoms with Gasteiger partial charge in [-0.15, -0.1) is 0 Å². The number of aromatic nitrogens is 2. The number of esters is 1. The minimum Gasteiger partial charge on any atom is -0.464 e. The topological polar surface area (TPSA) is 56.5 Å². The molecule has 0 saturated heterocycles.